The molecule has 19 heteroatoms. The summed E-state index contributed by atoms with van der Waals surface area (Å²) in [6, 6.07) is 2.57. The SMILES string of the molecule is Cc1c([C@@H](NC(=O)Nc2cnc(N3CCC(OC4CCN(c5ccc6c(c5)CN(C5CCC(=O)NC5=O)C6=O)CC4)CC3)nc2)C(F)(F)F)oc2c(F)cc(F)cc12. The number of halogens is 5. The van der Waals surface area contributed by atoms with Gasteiger partial charge in [0, 0.05) is 67.4 Å². The van der Waals surface area contributed by atoms with Crippen LogP contribution in [0.4, 0.5) is 44.1 Å². The van der Waals surface area contributed by atoms with Crippen LogP contribution in [-0.4, -0.2) is 89.2 Å². The first-order valence-electron chi connectivity index (χ1n) is 19.0. The van der Waals surface area contributed by atoms with Crippen LogP contribution in [0.25, 0.3) is 11.0 Å². The predicted molar refractivity (Wildman–Crippen MR) is 198 cm³/mol. The third-order valence-electron chi connectivity index (χ3n) is 11.2. The number of fused-ring (bicyclic) bond motifs is 2. The van der Waals surface area contributed by atoms with E-state index in [0.29, 0.717) is 43.6 Å². The number of hydrogen-bond acceptors (Lipinski definition) is 10. The standard InChI is InChI=1S/C39H39F5N8O6/c1-20-28-15-22(40)16-29(41)33(28)58-32(20)34(39(42,43)44)49-38(56)47-23-17-45-37(46-18-23)51-12-8-26(9-13-51)57-25-6-10-50(11-7-25)24-2-3-27-21(14-24)19-52(36(27)55)30-4-5-31(53)48-35(30)54/h2-3,14-18,25-26,30,34H,4-13,19H2,1H3,(H2,47,49,56)(H,48,53,54)/t30?,34-/m1/s1. The van der Waals surface area contributed by atoms with Crippen molar-refractivity contribution in [2.75, 3.05) is 41.3 Å². The number of benzene rings is 2. The summed E-state index contributed by atoms with van der Waals surface area (Å²) >= 11 is 0. The van der Waals surface area contributed by atoms with Gasteiger partial charge < -0.3 is 34.5 Å². The minimum atomic E-state index is -5.03. The molecule has 6 heterocycles. The van der Waals surface area contributed by atoms with Crippen molar-refractivity contribution in [2.24, 2.45) is 0 Å². The van der Waals surface area contributed by atoms with Crippen LogP contribution in [0.2, 0.25) is 0 Å². The zero-order valence-electron chi connectivity index (χ0n) is 31.2. The quantitative estimate of drug-likeness (QED) is 0.150. The molecule has 2 atom stereocenters. The fraction of sp³-hybridized carbons (Fsp3) is 0.436. The van der Waals surface area contributed by atoms with Gasteiger partial charge in [0.05, 0.1) is 30.3 Å². The van der Waals surface area contributed by atoms with E-state index in [4.69, 9.17) is 9.15 Å². The lowest BCUT2D eigenvalue weighted by Crippen LogP contribution is -2.52. The second kappa shape index (κ2) is 15.5. The Morgan fingerprint density at radius 3 is 2.28 bits per heavy atom. The average molecular weight is 811 g/mol. The summed E-state index contributed by atoms with van der Waals surface area (Å²) in [5, 5.41) is 6.24. The molecule has 0 bridgehead atoms. The molecule has 2 aromatic heterocycles. The highest BCUT2D eigenvalue weighted by Gasteiger charge is 2.46. The smallest absolute Gasteiger partial charge is 0.416 e. The van der Waals surface area contributed by atoms with Crippen molar-refractivity contribution >= 4 is 52.0 Å². The Hall–Kier alpha value is -5.85. The maximum absolute atomic E-state index is 14.2. The number of imide groups is 1. The van der Waals surface area contributed by atoms with Gasteiger partial charge in [-0.1, -0.05) is 0 Å². The number of aromatic nitrogens is 2. The molecule has 2 aromatic carbocycles. The first-order chi connectivity index (χ1) is 27.7. The van der Waals surface area contributed by atoms with Crippen molar-refractivity contribution in [3.05, 3.63) is 76.8 Å². The Labute approximate surface area is 328 Å². The Bertz CT molecular complexity index is 2250. The molecular weight excluding hydrogens is 771 g/mol. The van der Waals surface area contributed by atoms with Gasteiger partial charge in [-0.05, 0) is 68.9 Å². The van der Waals surface area contributed by atoms with E-state index in [0.717, 1.165) is 56.1 Å². The van der Waals surface area contributed by atoms with Crippen molar-refractivity contribution in [1.29, 1.82) is 0 Å². The molecule has 5 amide bonds. The van der Waals surface area contributed by atoms with Crippen LogP contribution in [0.1, 0.15) is 71.8 Å². The summed E-state index contributed by atoms with van der Waals surface area (Å²) in [6.45, 7) is 4.30. The second-order valence-electron chi connectivity index (χ2n) is 15.0. The number of amides is 5. The Morgan fingerprint density at radius 1 is 0.948 bits per heavy atom. The summed E-state index contributed by atoms with van der Waals surface area (Å²) in [4.78, 5) is 64.1. The van der Waals surface area contributed by atoms with Crippen LogP contribution in [-0.2, 0) is 20.9 Å². The van der Waals surface area contributed by atoms with E-state index in [9.17, 15) is 41.1 Å². The monoisotopic (exact) mass is 810 g/mol. The maximum Gasteiger partial charge on any atom is 0.416 e. The van der Waals surface area contributed by atoms with E-state index in [1.54, 1.807) is 4.90 Å². The summed E-state index contributed by atoms with van der Waals surface area (Å²) in [7, 11) is 0. The van der Waals surface area contributed by atoms with E-state index in [2.05, 4.69) is 25.5 Å². The van der Waals surface area contributed by atoms with Gasteiger partial charge in [0.15, 0.2) is 17.4 Å². The number of furan rings is 1. The van der Waals surface area contributed by atoms with Crippen molar-refractivity contribution in [2.45, 2.75) is 82.5 Å². The number of urea groups is 1. The van der Waals surface area contributed by atoms with Gasteiger partial charge in [-0.15, -0.1) is 0 Å². The molecule has 3 fully saturated rings. The largest absolute Gasteiger partial charge is 0.455 e. The first-order valence-corrected chi connectivity index (χ1v) is 19.0. The number of hydrogen-bond donors (Lipinski definition) is 3. The number of carbonyl (C=O) groups excluding carboxylic acids is 4. The highest BCUT2D eigenvalue weighted by Crippen LogP contribution is 2.39. The summed E-state index contributed by atoms with van der Waals surface area (Å²) in [5.74, 6) is -3.50. The lowest BCUT2D eigenvalue weighted by molar-refractivity contribution is -0.158. The third-order valence-corrected chi connectivity index (χ3v) is 11.2. The van der Waals surface area contributed by atoms with Crippen molar-refractivity contribution in [3.63, 3.8) is 0 Å². The fourth-order valence-electron chi connectivity index (χ4n) is 8.15. The Kier molecular flexibility index (Phi) is 10.4. The number of piperidine rings is 3. The molecule has 4 aromatic rings. The molecular formula is C39H39F5N8O6. The molecule has 4 aliphatic heterocycles. The average Bonchev–Trinajstić information content (AvgIpc) is 3.69. The van der Waals surface area contributed by atoms with Crippen LogP contribution >= 0.6 is 0 Å². The van der Waals surface area contributed by atoms with Crippen LogP contribution in [0.3, 0.4) is 0 Å². The Balaban J connectivity index is 0.794. The molecule has 4 aliphatic rings. The number of aryl methyl sites for hydroxylation is 1. The van der Waals surface area contributed by atoms with Crippen molar-refractivity contribution in [1.82, 2.24) is 25.5 Å². The van der Waals surface area contributed by atoms with Gasteiger partial charge in [0.25, 0.3) is 5.91 Å². The molecule has 58 heavy (non-hydrogen) atoms. The van der Waals surface area contributed by atoms with Gasteiger partial charge in [0.1, 0.15) is 17.6 Å². The number of nitrogens with one attached hydrogen (secondary N) is 3. The molecule has 8 rings (SSSR count). The molecule has 3 saturated heterocycles. The summed E-state index contributed by atoms with van der Waals surface area (Å²) in [6.07, 6.45) is 1.26. The second-order valence-corrected chi connectivity index (χ2v) is 15.0. The molecule has 0 radical (unpaired) electrons. The molecule has 14 nitrogen and oxygen atoms in total. The maximum atomic E-state index is 14.2. The third kappa shape index (κ3) is 7.86. The van der Waals surface area contributed by atoms with Crippen molar-refractivity contribution in [3.8, 4) is 0 Å². The number of anilines is 3. The number of rotatable bonds is 8. The van der Waals surface area contributed by atoms with E-state index in [-0.39, 0.29) is 47.1 Å². The minimum absolute atomic E-state index is 0.0313. The molecule has 0 aliphatic carbocycles. The van der Waals surface area contributed by atoms with Crippen LogP contribution < -0.4 is 25.8 Å². The minimum Gasteiger partial charge on any atom is -0.455 e. The lowest BCUT2D eigenvalue weighted by atomic mass is 10.0. The van der Waals surface area contributed by atoms with Crippen LogP contribution in [0.15, 0.2) is 47.1 Å². The molecule has 0 saturated carbocycles. The van der Waals surface area contributed by atoms with Crippen LogP contribution in [0.5, 0.6) is 0 Å². The van der Waals surface area contributed by atoms with Gasteiger partial charge in [-0.3, -0.25) is 19.7 Å². The van der Waals surface area contributed by atoms with E-state index < -0.39 is 53.2 Å². The summed E-state index contributed by atoms with van der Waals surface area (Å²) in [5.41, 5.74) is 1.76. The number of alkyl halides is 3. The molecule has 1 unspecified atom stereocenters. The fourth-order valence-corrected chi connectivity index (χ4v) is 8.15. The summed E-state index contributed by atoms with van der Waals surface area (Å²) < 4.78 is 81.8. The number of carbonyl (C=O) groups is 4. The van der Waals surface area contributed by atoms with Gasteiger partial charge >= 0.3 is 12.2 Å². The van der Waals surface area contributed by atoms with Crippen LogP contribution in [0, 0.1) is 18.6 Å². The number of ether oxygens (including phenoxy) is 1. The van der Waals surface area contributed by atoms with E-state index in [1.807, 2.05) is 28.4 Å². The predicted octanol–water partition coefficient (Wildman–Crippen LogP) is 5.65. The highest BCUT2D eigenvalue weighted by molar-refractivity contribution is 6.05. The van der Waals surface area contributed by atoms with E-state index >= 15 is 0 Å². The lowest BCUT2D eigenvalue weighted by Gasteiger charge is -2.38. The normalized spacial score (nSPS) is 20.1. The first kappa shape index (κ1) is 39.0. The topological polar surface area (TPSA) is 162 Å². The Morgan fingerprint density at radius 2 is 1.62 bits per heavy atom. The highest BCUT2D eigenvalue weighted by atomic mass is 19.4. The van der Waals surface area contributed by atoms with E-state index in [1.165, 1.54) is 19.3 Å². The molecule has 0 spiro atoms. The van der Waals surface area contributed by atoms with Crippen molar-refractivity contribution < 1.29 is 50.3 Å². The number of nitrogens with zero attached hydrogens (tertiary/aromatic N) is 5. The zero-order valence-corrected chi connectivity index (χ0v) is 31.2. The zero-order chi connectivity index (χ0) is 40.9. The molecule has 306 valence electrons. The van der Waals surface area contributed by atoms with Gasteiger partial charge in [-0.25, -0.2) is 23.5 Å². The van der Waals surface area contributed by atoms with Gasteiger partial charge in [-0.2, -0.15) is 13.2 Å². The molecule has 3 N–H and O–H groups in total. The van der Waals surface area contributed by atoms with Gasteiger partial charge in [0.2, 0.25) is 17.8 Å².